The Bertz CT molecular complexity index is 623. The van der Waals surface area contributed by atoms with E-state index in [2.05, 4.69) is 0 Å². The van der Waals surface area contributed by atoms with Gasteiger partial charge in [0.25, 0.3) is 0 Å². The van der Waals surface area contributed by atoms with Gasteiger partial charge in [-0.05, 0) is 36.8 Å². The van der Waals surface area contributed by atoms with E-state index in [9.17, 15) is 9.18 Å². The minimum Gasteiger partial charge on any atom is -0.288 e. The van der Waals surface area contributed by atoms with Crippen molar-refractivity contribution in [3.63, 3.8) is 0 Å². The zero-order valence-corrected chi connectivity index (χ0v) is 11.0. The summed E-state index contributed by atoms with van der Waals surface area (Å²) in [6.07, 6.45) is 0. The smallest absolute Gasteiger partial charge is 0.197 e. The van der Waals surface area contributed by atoms with E-state index < -0.39 is 11.6 Å². The van der Waals surface area contributed by atoms with Crippen LogP contribution in [0, 0.1) is 12.7 Å². The molecule has 0 aliphatic heterocycles. The minimum atomic E-state index is -0.520. The normalized spacial score (nSPS) is 10.4. The van der Waals surface area contributed by atoms with Crippen LogP contribution in [0.4, 0.5) is 4.39 Å². The first-order valence-corrected chi connectivity index (χ1v) is 6.01. The summed E-state index contributed by atoms with van der Waals surface area (Å²) < 4.78 is 13.9. The summed E-state index contributed by atoms with van der Waals surface area (Å²) in [4.78, 5) is 12.2. The highest BCUT2D eigenvalue weighted by Gasteiger charge is 2.17. The van der Waals surface area contributed by atoms with Crippen LogP contribution >= 0.6 is 23.2 Å². The summed E-state index contributed by atoms with van der Waals surface area (Å²) in [5.74, 6) is -0.966. The van der Waals surface area contributed by atoms with E-state index in [4.69, 9.17) is 23.2 Å². The fraction of sp³-hybridized carbons (Fsp3) is 0.0714. The molecule has 0 atom stereocenters. The molecular formula is C14H9Cl2FO. The van der Waals surface area contributed by atoms with Gasteiger partial charge in [0.05, 0.1) is 10.6 Å². The second kappa shape index (κ2) is 5.09. The van der Waals surface area contributed by atoms with Gasteiger partial charge in [-0.2, -0.15) is 0 Å². The van der Waals surface area contributed by atoms with E-state index in [1.54, 1.807) is 25.1 Å². The monoisotopic (exact) mass is 282 g/mol. The molecule has 0 fully saturated rings. The van der Waals surface area contributed by atoms with Crippen LogP contribution in [0.15, 0.2) is 36.4 Å². The Balaban J connectivity index is 2.51. The van der Waals surface area contributed by atoms with Crippen molar-refractivity contribution in [2.24, 2.45) is 0 Å². The van der Waals surface area contributed by atoms with Gasteiger partial charge in [-0.3, -0.25) is 4.79 Å². The van der Waals surface area contributed by atoms with Crippen LogP contribution in [0.25, 0.3) is 0 Å². The van der Waals surface area contributed by atoms with E-state index in [-0.39, 0.29) is 16.1 Å². The molecule has 1 nitrogen and oxygen atoms in total. The zero-order valence-electron chi connectivity index (χ0n) is 9.51. The average Bonchev–Trinajstić information content (AvgIpc) is 2.32. The van der Waals surface area contributed by atoms with E-state index in [1.807, 2.05) is 0 Å². The van der Waals surface area contributed by atoms with Crippen LogP contribution in [-0.2, 0) is 0 Å². The highest BCUT2D eigenvalue weighted by atomic mass is 35.5. The Morgan fingerprint density at radius 1 is 1.11 bits per heavy atom. The molecule has 0 aliphatic rings. The summed E-state index contributed by atoms with van der Waals surface area (Å²) in [7, 11) is 0. The number of halogens is 3. The van der Waals surface area contributed by atoms with Crippen LogP contribution in [-0.4, -0.2) is 5.78 Å². The Hall–Kier alpha value is -1.38. The van der Waals surface area contributed by atoms with Gasteiger partial charge < -0.3 is 0 Å². The molecule has 4 heteroatoms. The molecular weight excluding hydrogens is 274 g/mol. The molecule has 0 bridgehead atoms. The summed E-state index contributed by atoms with van der Waals surface area (Å²) in [5, 5.41) is 0.648. The number of aryl methyl sites for hydroxylation is 1. The largest absolute Gasteiger partial charge is 0.288 e. The van der Waals surface area contributed by atoms with E-state index in [0.29, 0.717) is 10.6 Å². The number of hydrogen-bond acceptors (Lipinski definition) is 1. The standard InChI is InChI=1S/C14H9Cl2FO/c1-8-3-2-4-11(13(8)17)14(18)10-6-5-9(15)7-12(10)16/h2-7H,1H3. The van der Waals surface area contributed by atoms with Crippen LogP contribution in [0.2, 0.25) is 10.0 Å². The minimum absolute atomic E-state index is 0.0132. The predicted molar refractivity (Wildman–Crippen MR) is 71.0 cm³/mol. The van der Waals surface area contributed by atoms with Crippen molar-refractivity contribution in [2.75, 3.05) is 0 Å². The van der Waals surface area contributed by atoms with Gasteiger partial charge in [-0.15, -0.1) is 0 Å². The van der Waals surface area contributed by atoms with Gasteiger partial charge in [0.1, 0.15) is 5.82 Å². The second-order valence-corrected chi connectivity index (χ2v) is 4.73. The van der Waals surface area contributed by atoms with Crippen molar-refractivity contribution >= 4 is 29.0 Å². The molecule has 0 amide bonds. The van der Waals surface area contributed by atoms with Crippen LogP contribution in [0.1, 0.15) is 21.5 Å². The van der Waals surface area contributed by atoms with Crippen molar-refractivity contribution < 1.29 is 9.18 Å². The highest BCUT2D eigenvalue weighted by molar-refractivity contribution is 6.37. The average molecular weight is 283 g/mol. The molecule has 0 saturated carbocycles. The molecule has 0 saturated heterocycles. The number of ketones is 1. The fourth-order valence-electron chi connectivity index (χ4n) is 1.64. The maximum Gasteiger partial charge on any atom is 0.197 e. The number of carbonyl (C=O) groups is 1. The molecule has 0 spiro atoms. The molecule has 2 rings (SSSR count). The Morgan fingerprint density at radius 2 is 1.83 bits per heavy atom. The lowest BCUT2D eigenvalue weighted by molar-refractivity contribution is 0.103. The molecule has 0 N–H and O–H groups in total. The second-order valence-electron chi connectivity index (χ2n) is 3.89. The molecule has 0 unspecified atom stereocenters. The Morgan fingerprint density at radius 3 is 2.50 bits per heavy atom. The van der Waals surface area contributed by atoms with Crippen molar-refractivity contribution in [2.45, 2.75) is 6.92 Å². The van der Waals surface area contributed by atoms with Crippen molar-refractivity contribution in [1.82, 2.24) is 0 Å². The number of hydrogen-bond donors (Lipinski definition) is 0. The summed E-state index contributed by atoms with van der Waals surface area (Å²) >= 11 is 11.7. The summed E-state index contributed by atoms with van der Waals surface area (Å²) in [6, 6.07) is 9.19. The molecule has 92 valence electrons. The SMILES string of the molecule is Cc1cccc(C(=O)c2ccc(Cl)cc2Cl)c1F. The topological polar surface area (TPSA) is 17.1 Å². The lowest BCUT2D eigenvalue weighted by Crippen LogP contribution is -2.06. The first-order chi connectivity index (χ1) is 8.50. The third-order valence-corrected chi connectivity index (χ3v) is 3.16. The number of rotatable bonds is 2. The van der Waals surface area contributed by atoms with Crippen molar-refractivity contribution in [1.29, 1.82) is 0 Å². The molecule has 0 aliphatic carbocycles. The van der Waals surface area contributed by atoms with Crippen molar-refractivity contribution in [3.05, 3.63) is 69.0 Å². The van der Waals surface area contributed by atoms with Gasteiger partial charge in [-0.25, -0.2) is 4.39 Å². The first kappa shape index (κ1) is 13.1. The van der Waals surface area contributed by atoms with E-state index in [0.717, 1.165) is 0 Å². The Kier molecular flexibility index (Phi) is 3.69. The number of benzene rings is 2. The van der Waals surface area contributed by atoms with Gasteiger partial charge in [0.2, 0.25) is 0 Å². The maximum absolute atomic E-state index is 13.9. The van der Waals surface area contributed by atoms with Crippen LogP contribution < -0.4 is 0 Å². The van der Waals surface area contributed by atoms with Gasteiger partial charge in [0.15, 0.2) is 5.78 Å². The summed E-state index contributed by atoms with van der Waals surface area (Å²) in [5.41, 5.74) is 0.677. The first-order valence-electron chi connectivity index (χ1n) is 5.25. The predicted octanol–water partition coefficient (Wildman–Crippen LogP) is 4.67. The van der Waals surface area contributed by atoms with Crippen LogP contribution in [0.5, 0.6) is 0 Å². The van der Waals surface area contributed by atoms with Crippen molar-refractivity contribution in [3.8, 4) is 0 Å². The molecule has 0 aromatic heterocycles. The summed E-state index contributed by atoms with van der Waals surface area (Å²) in [6.45, 7) is 1.61. The van der Waals surface area contributed by atoms with E-state index >= 15 is 0 Å². The number of carbonyl (C=O) groups excluding carboxylic acids is 1. The maximum atomic E-state index is 13.9. The lowest BCUT2D eigenvalue weighted by Gasteiger charge is -2.06. The lowest BCUT2D eigenvalue weighted by atomic mass is 10.0. The highest BCUT2D eigenvalue weighted by Crippen LogP contribution is 2.25. The molecule has 18 heavy (non-hydrogen) atoms. The van der Waals surface area contributed by atoms with Gasteiger partial charge >= 0.3 is 0 Å². The zero-order chi connectivity index (χ0) is 13.3. The molecule has 0 heterocycles. The molecule has 2 aromatic rings. The fourth-order valence-corrected chi connectivity index (χ4v) is 2.14. The molecule has 2 aromatic carbocycles. The third kappa shape index (κ3) is 2.40. The van der Waals surface area contributed by atoms with Crippen LogP contribution in [0.3, 0.4) is 0 Å². The van der Waals surface area contributed by atoms with Gasteiger partial charge in [0, 0.05) is 10.6 Å². The third-order valence-electron chi connectivity index (χ3n) is 2.61. The Labute approximate surface area is 114 Å². The quantitative estimate of drug-likeness (QED) is 0.732. The van der Waals surface area contributed by atoms with E-state index in [1.165, 1.54) is 18.2 Å². The molecule has 0 radical (unpaired) electrons. The van der Waals surface area contributed by atoms with Gasteiger partial charge in [-0.1, -0.05) is 35.3 Å².